The average Bonchev–Trinajstić information content (AvgIpc) is 2.36. The summed E-state index contributed by atoms with van der Waals surface area (Å²) in [5.74, 6) is 5.58. The Bertz CT molecular complexity index is 194. The highest BCUT2D eigenvalue weighted by atomic mass is 16.5. The summed E-state index contributed by atoms with van der Waals surface area (Å²) in [4.78, 5) is 0. The Morgan fingerprint density at radius 1 is 1.70 bits per heavy atom. The fourth-order valence-electron chi connectivity index (χ4n) is 0.874. The van der Waals surface area contributed by atoms with Crippen LogP contribution in [-0.2, 0) is 4.74 Å². The third-order valence-corrected chi connectivity index (χ3v) is 1.32. The standard InChI is InChI=1S/C7H10N2O/c1-2-3-6-4-5-10-7(6)9-8/h2-3H,1,4-5,8H2/b6-3-,9-7+. The lowest BCUT2D eigenvalue weighted by molar-refractivity contribution is 0.342. The van der Waals surface area contributed by atoms with E-state index in [9.17, 15) is 0 Å². The van der Waals surface area contributed by atoms with Gasteiger partial charge >= 0.3 is 0 Å². The normalized spacial score (nSPS) is 25.2. The highest BCUT2D eigenvalue weighted by Gasteiger charge is 2.14. The Morgan fingerprint density at radius 3 is 3.10 bits per heavy atom. The summed E-state index contributed by atoms with van der Waals surface area (Å²) in [6.07, 6.45) is 4.44. The molecule has 2 N–H and O–H groups in total. The summed E-state index contributed by atoms with van der Waals surface area (Å²) < 4.78 is 5.08. The topological polar surface area (TPSA) is 47.6 Å². The zero-order chi connectivity index (χ0) is 7.40. The largest absolute Gasteiger partial charge is 0.476 e. The average molecular weight is 138 g/mol. The van der Waals surface area contributed by atoms with Crippen LogP contribution in [0.1, 0.15) is 6.42 Å². The molecule has 1 rings (SSSR count). The number of rotatable bonds is 1. The highest BCUT2D eigenvalue weighted by Crippen LogP contribution is 2.13. The van der Waals surface area contributed by atoms with Crippen LogP contribution < -0.4 is 5.84 Å². The Hall–Kier alpha value is -1.25. The molecule has 0 aromatic rings. The number of allylic oxidation sites excluding steroid dienone is 2. The van der Waals surface area contributed by atoms with Gasteiger partial charge < -0.3 is 10.6 Å². The minimum Gasteiger partial charge on any atom is -0.476 e. The molecule has 0 aromatic heterocycles. The molecule has 3 nitrogen and oxygen atoms in total. The molecule has 1 aliphatic rings. The molecule has 0 spiro atoms. The van der Waals surface area contributed by atoms with Crippen LogP contribution >= 0.6 is 0 Å². The minimum absolute atomic E-state index is 0.542. The van der Waals surface area contributed by atoms with E-state index >= 15 is 0 Å². The maximum absolute atomic E-state index is 5.08. The van der Waals surface area contributed by atoms with Gasteiger partial charge in [-0.3, -0.25) is 0 Å². The number of nitrogens with zero attached hydrogens (tertiary/aromatic N) is 1. The third-order valence-electron chi connectivity index (χ3n) is 1.32. The molecule has 10 heavy (non-hydrogen) atoms. The second-order valence-electron chi connectivity index (χ2n) is 1.96. The SMILES string of the molecule is C=C/C=C1/CCO/C1=N/N. The van der Waals surface area contributed by atoms with Gasteiger partial charge in [0.1, 0.15) is 0 Å². The molecular weight excluding hydrogens is 128 g/mol. The maximum atomic E-state index is 5.08. The van der Waals surface area contributed by atoms with Crippen molar-refractivity contribution in [1.29, 1.82) is 0 Å². The zero-order valence-corrected chi connectivity index (χ0v) is 5.71. The molecule has 0 bridgehead atoms. The van der Waals surface area contributed by atoms with E-state index < -0.39 is 0 Å². The van der Waals surface area contributed by atoms with Crippen molar-refractivity contribution in [1.82, 2.24) is 0 Å². The molecule has 1 heterocycles. The molecule has 0 saturated carbocycles. The lowest BCUT2D eigenvalue weighted by atomic mass is 10.2. The Kier molecular flexibility index (Phi) is 2.10. The van der Waals surface area contributed by atoms with Crippen molar-refractivity contribution < 1.29 is 4.74 Å². The van der Waals surface area contributed by atoms with E-state index in [0.717, 1.165) is 12.0 Å². The lowest BCUT2D eigenvalue weighted by Crippen LogP contribution is -2.00. The van der Waals surface area contributed by atoms with Gasteiger partial charge in [0.15, 0.2) is 0 Å². The van der Waals surface area contributed by atoms with E-state index in [1.54, 1.807) is 6.08 Å². The van der Waals surface area contributed by atoms with Crippen molar-refractivity contribution >= 4 is 5.90 Å². The summed E-state index contributed by atoms with van der Waals surface area (Å²) in [5.41, 5.74) is 1.03. The van der Waals surface area contributed by atoms with Crippen molar-refractivity contribution in [3.63, 3.8) is 0 Å². The van der Waals surface area contributed by atoms with Gasteiger partial charge in [0, 0.05) is 12.0 Å². The van der Waals surface area contributed by atoms with Crippen LogP contribution in [0.5, 0.6) is 0 Å². The molecular formula is C7H10N2O. The highest BCUT2D eigenvalue weighted by molar-refractivity contribution is 5.95. The van der Waals surface area contributed by atoms with Crippen LogP contribution in [0, 0.1) is 0 Å². The molecule has 0 aromatic carbocycles. The fourth-order valence-corrected chi connectivity index (χ4v) is 0.874. The summed E-state index contributed by atoms with van der Waals surface area (Å²) in [6, 6.07) is 0. The summed E-state index contributed by atoms with van der Waals surface area (Å²) >= 11 is 0. The van der Waals surface area contributed by atoms with E-state index in [2.05, 4.69) is 11.7 Å². The van der Waals surface area contributed by atoms with E-state index in [1.807, 2.05) is 6.08 Å². The lowest BCUT2D eigenvalue weighted by Gasteiger charge is -1.92. The monoisotopic (exact) mass is 138 g/mol. The molecule has 1 fully saturated rings. The number of ether oxygens (including phenoxy) is 1. The zero-order valence-electron chi connectivity index (χ0n) is 5.71. The molecule has 0 aliphatic carbocycles. The second-order valence-corrected chi connectivity index (χ2v) is 1.96. The molecule has 0 atom stereocenters. The van der Waals surface area contributed by atoms with Crippen molar-refractivity contribution in [3.05, 3.63) is 24.3 Å². The van der Waals surface area contributed by atoms with Crippen molar-refractivity contribution in [2.75, 3.05) is 6.61 Å². The molecule has 54 valence electrons. The van der Waals surface area contributed by atoms with Gasteiger partial charge in [0.25, 0.3) is 0 Å². The number of nitrogens with two attached hydrogens (primary N) is 1. The first-order valence-electron chi connectivity index (χ1n) is 3.11. The molecule has 0 amide bonds. The Balaban J connectivity index is 2.77. The fraction of sp³-hybridized carbons (Fsp3) is 0.286. The van der Waals surface area contributed by atoms with Gasteiger partial charge in [0.2, 0.25) is 5.90 Å². The Morgan fingerprint density at radius 2 is 2.50 bits per heavy atom. The third kappa shape index (κ3) is 1.18. The van der Waals surface area contributed by atoms with Gasteiger partial charge in [-0.1, -0.05) is 18.7 Å². The molecule has 3 heteroatoms. The Labute approximate surface area is 59.9 Å². The van der Waals surface area contributed by atoms with Crippen molar-refractivity contribution in [2.24, 2.45) is 10.9 Å². The van der Waals surface area contributed by atoms with Gasteiger partial charge in [-0.25, -0.2) is 0 Å². The molecule has 0 unspecified atom stereocenters. The molecule has 0 radical (unpaired) electrons. The van der Waals surface area contributed by atoms with Gasteiger partial charge in [0.05, 0.1) is 6.61 Å². The van der Waals surface area contributed by atoms with Crippen LogP contribution in [0.3, 0.4) is 0 Å². The second kappa shape index (κ2) is 3.06. The van der Waals surface area contributed by atoms with Crippen LogP contribution in [-0.4, -0.2) is 12.5 Å². The maximum Gasteiger partial charge on any atom is 0.233 e. The van der Waals surface area contributed by atoms with Gasteiger partial charge in [-0.2, -0.15) is 0 Å². The van der Waals surface area contributed by atoms with Crippen LogP contribution in [0.4, 0.5) is 0 Å². The van der Waals surface area contributed by atoms with E-state index in [1.165, 1.54) is 0 Å². The minimum atomic E-state index is 0.542. The van der Waals surface area contributed by atoms with Crippen LogP contribution in [0.15, 0.2) is 29.4 Å². The first-order chi connectivity index (χ1) is 4.88. The van der Waals surface area contributed by atoms with Crippen molar-refractivity contribution in [2.45, 2.75) is 6.42 Å². The predicted octanol–water partition coefficient (Wildman–Crippen LogP) is 0.791. The molecule has 1 aliphatic heterocycles. The van der Waals surface area contributed by atoms with E-state index in [4.69, 9.17) is 10.6 Å². The quantitative estimate of drug-likeness (QED) is 0.430. The van der Waals surface area contributed by atoms with E-state index in [0.29, 0.717) is 12.5 Å². The van der Waals surface area contributed by atoms with E-state index in [-0.39, 0.29) is 0 Å². The predicted molar refractivity (Wildman–Crippen MR) is 40.5 cm³/mol. The number of hydrazone groups is 1. The van der Waals surface area contributed by atoms with Crippen LogP contribution in [0.25, 0.3) is 0 Å². The smallest absolute Gasteiger partial charge is 0.233 e. The van der Waals surface area contributed by atoms with Crippen LogP contribution in [0.2, 0.25) is 0 Å². The number of hydrogen-bond donors (Lipinski definition) is 1. The van der Waals surface area contributed by atoms with Gasteiger partial charge in [-0.05, 0) is 0 Å². The van der Waals surface area contributed by atoms with Crippen molar-refractivity contribution in [3.8, 4) is 0 Å². The summed E-state index contributed by atoms with van der Waals surface area (Å²) in [7, 11) is 0. The number of hydrogen-bond acceptors (Lipinski definition) is 3. The summed E-state index contributed by atoms with van der Waals surface area (Å²) in [5, 5.41) is 3.47. The first-order valence-corrected chi connectivity index (χ1v) is 3.11. The van der Waals surface area contributed by atoms with Gasteiger partial charge in [-0.15, -0.1) is 5.10 Å². The summed E-state index contributed by atoms with van der Waals surface area (Å²) in [6.45, 7) is 4.24. The first kappa shape index (κ1) is 6.86. The molecule has 1 saturated heterocycles.